The highest BCUT2D eigenvalue weighted by Gasteiger charge is 2.14. The Hall–Kier alpha value is -3.95. The molecule has 0 aliphatic heterocycles. The van der Waals surface area contributed by atoms with Crippen molar-refractivity contribution < 1.29 is 4.42 Å². The molecule has 2 heterocycles. The first-order chi connectivity index (χ1) is 15.8. The standard InChI is InChI=1S/C29H17NOS/c1-2-7-18(8-3-1)29-30-25-16-14-20-17-19(13-15-22(20)28(25)32-29)21-10-6-11-24-23-9-4-5-12-26(23)31-27(21)24/h1-17H. The molecule has 0 radical (unpaired) electrons. The van der Waals surface area contributed by atoms with Crippen molar-refractivity contribution in [3.05, 3.63) is 103 Å². The molecular weight excluding hydrogens is 410 g/mol. The fourth-order valence-corrected chi connectivity index (χ4v) is 5.67. The van der Waals surface area contributed by atoms with Gasteiger partial charge in [-0.1, -0.05) is 84.9 Å². The normalized spacial score (nSPS) is 11.8. The summed E-state index contributed by atoms with van der Waals surface area (Å²) >= 11 is 1.76. The van der Waals surface area contributed by atoms with E-state index in [9.17, 15) is 0 Å². The van der Waals surface area contributed by atoms with E-state index >= 15 is 0 Å². The number of hydrogen-bond donors (Lipinski definition) is 0. The quantitative estimate of drug-likeness (QED) is 0.276. The average Bonchev–Trinajstić information content (AvgIpc) is 3.46. The van der Waals surface area contributed by atoms with Crippen LogP contribution in [0.2, 0.25) is 0 Å². The van der Waals surface area contributed by atoms with E-state index in [-0.39, 0.29) is 0 Å². The van der Waals surface area contributed by atoms with Gasteiger partial charge in [0.05, 0.1) is 10.2 Å². The molecule has 2 aromatic heterocycles. The minimum absolute atomic E-state index is 0.926. The third kappa shape index (κ3) is 2.62. The molecule has 150 valence electrons. The van der Waals surface area contributed by atoms with Gasteiger partial charge < -0.3 is 4.42 Å². The molecule has 2 nitrogen and oxygen atoms in total. The number of fused-ring (bicyclic) bond motifs is 6. The lowest BCUT2D eigenvalue weighted by Crippen LogP contribution is -1.81. The second-order valence-corrected chi connectivity index (χ2v) is 9.01. The van der Waals surface area contributed by atoms with Crippen LogP contribution < -0.4 is 0 Å². The van der Waals surface area contributed by atoms with Crippen LogP contribution in [0.25, 0.3) is 64.6 Å². The maximum absolute atomic E-state index is 6.26. The van der Waals surface area contributed by atoms with Crippen LogP contribution in [0.15, 0.2) is 108 Å². The van der Waals surface area contributed by atoms with Gasteiger partial charge in [0.25, 0.3) is 0 Å². The summed E-state index contributed by atoms with van der Waals surface area (Å²) in [5.74, 6) is 0. The van der Waals surface area contributed by atoms with Crippen LogP contribution in [0.1, 0.15) is 0 Å². The molecule has 3 heteroatoms. The van der Waals surface area contributed by atoms with Crippen molar-refractivity contribution in [2.24, 2.45) is 0 Å². The summed E-state index contributed by atoms with van der Waals surface area (Å²) in [5.41, 5.74) is 6.36. The first kappa shape index (κ1) is 17.7. The predicted molar refractivity (Wildman–Crippen MR) is 135 cm³/mol. The fourth-order valence-electron chi connectivity index (χ4n) is 4.56. The second kappa shape index (κ2) is 6.78. The Morgan fingerprint density at radius 1 is 0.625 bits per heavy atom. The fraction of sp³-hybridized carbons (Fsp3) is 0. The molecular formula is C29H17NOS. The molecule has 0 unspecified atom stereocenters. The lowest BCUT2D eigenvalue weighted by atomic mass is 9.99. The molecule has 0 aliphatic rings. The third-order valence-electron chi connectivity index (χ3n) is 6.11. The van der Waals surface area contributed by atoms with Crippen molar-refractivity contribution in [2.45, 2.75) is 0 Å². The number of hydrogen-bond acceptors (Lipinski definition) is 3. The third-order valence-corrected chi connectivity index (χ3v) is 7.26. The molecule has 0 atom stereocenters. The van der Waals surface area contributed by atoms with Crippen LogP contribution in [0.5, 0.6) is 0 Å². The van der Waals surface area contributed by atoms with Gasteiger partial charge in [0, 0.05) is 27.3 Å². The number of nitrogens with zero attached hydrogens (tertiary/aromatic N) is 1. The Bertz CT molecular complexity index is 1780. The number of aromatic nitrogens is 1. The molecule has 0 N–H and O–H groups in total. The van der Waals surface area contributed by atoms with Crippen LogP contribution in [0.3, 0.4) is 0 Å². The highest BCUT2D eigenvalue weighted by Crippen LogP contribution is 2.39. The van der Waals surface area contributed by atoms with Crippen LogP contribution >= 0.6 is 11.3 Å². The summed E-state index contributed by atoms with van der Waals surface area (Å²) < 4.78 is 7.50. The molecule has 0 bridgehead atoms. The van der Waals surface area contributed by atoms with Gasteiger partial charge in [-0.3, -0.25) is 0 Å². The van der Waals surface area contributed by atoms with Gasteiger partial charge in [0.15, 0.2) is 0 Å². The monoisotopic (exact) mass is 427 g/mol. The van der Waals surface area contributed by atoms with Gasteiger partial charge in [0.2, 0.25) is 0 Å². The Morgan fingerprint density at radius 3 is 2.41 bits per heavy atom. The van der Waals surface area contributed by atoms with Crippen molar-refractivity contribution in [2.75, 3.05) is 0 Å². The van der Waals surface area contributed by atoms with Gasteiger partial charge >= 0.3 is 0 Å². The zero-order valence-corrected chi connectivity index (χ0v) is 17.9. The molecule has 5 aromatic carbocycles. The van der Waals surface area contributed by atoms with E-state index in [1.54, 1.807) is 11.3 Å². The molecule has 0 fully saturated rings. The number of para-hydroxylation sites is 2. The van der Waals surface area contributed by atoms with Crippen LogP contribution in [-0.4, -0.2) is 4.98 Å². The lowest BCUT2D eigenvalue weighted by Gasteiger charge is -2.06. The van der Waals surface area contributed by atoms with Gasteiger partial charge in [-0.2, -0.15) is 0 Å². The highest BCUT2D eigenvalue weighted by molar-refractivity contribution is 7.22. The van der Waals surface area contributed by atoms with E-state index in [0.29, 0.717) is 0 Å². The van der Waals surface area contributed by atoms with Crippen molar-refractivity contribution >= 4 is 54.3 Å². The van der Waals surface area contributed by atoms with Crippen molar-refractivity contribution in [3.8, 4) is 21.7 Å². The smallest absolute Gasteiger partial charge is 0.143 e. The zero-order chi connectivity index (χ0) is 21.1. The molecule has 0 spiro atoms. The first-order valence-electron chi connectivity index (χ1n) is 10.6. The molecule has 0 saturated carbocycles. The topological polar surface area (TPSA) is 26.0 Å². The summed E-state index contributed by atoms with van der Waals surface area (Å²) in [4.78, 5) is 4.88. The Kier molecular flexibility index (Phi) is 3.75. The van der Waals surface area contributed by atoms with E-state index in [0.717, 1.165) is 49.2 Å². The van der Waals surface area contributed by atoms with Gasteiger partial charge in [0.1, 0.15) is 16.2 Å². The Labute approximate surface area is 188 Å². The number of thiazole rings is 1. The minimum Gasteiger partial charge on any atom is -0.455 e. The summed E-state index contributed by atoms with van der Waals surface area (Å²) in [5, 5.41) is 5.83. The van der Waals surface area contributed by atoms with Crippen molar-refractivity contribution in [1.82, 2.24) is 4.98 Å². The first-order valence-corrected chi connectivity index (χ1v) is 11.5. The van der Waals surface area contributed by atoms with Crippen molar-refractivity contribution in [3.63, 3.8) is 0 Å². The average molecular weight is 428 g/mol. The minimum atomic E-state index is 0.926. The lowest BCUT2D eigenvalue weighted by molar-refractivity contribution is 0.670. The number of rotatable bonds is 2. The summed E-state index contributed by atoms with van der Waals surface area (Å²) in [7, 11) is 0. The van der Waals surface area contributed by atoms with Gasteiger partial charge in [-0.15, -0.1) is 11.3 Å². The largest absolute Gasteiger partial charge is 0.455 e. The van der Waals surface area contributed by atoms with E-state index in [2.05, 4.69) is 84.9 Å². The van der Waals surface area contributed by atoms with E-state index in [1.807, 2.05) is 18.2 Å². The van der Waals surface area contributed by atoms with Crippen LogP contribution in [-0.2, 0) is 0 Å². The Balaban J connectivity index is 1.42. The van der Waals surface area contributed by atoms with Crippen molar-refractivity contribution in [1.29, 1.82) is 0 Å². The van der Waals surface area contributed by atoms with E-state index < -0.39 is 0 Å². The zero-order valence-electron chi connectivity index (χ0n) is 17.1. The number of furan rings is 1. The predicted octanol–water partition coefficient (Wildman–Crippen LogP) is 8.68. The molecule has 0 saturated heterocycles. The summed E-state index contributed by atoms with van der Waals surface area (Å²) in [6, 6.07) is 36.0. The molecule has 0 aliphatic carbocycles. The van der Waals surface area contributed by atoms with E-state index in [1.165, 1.54) is 15.5 Å². The molecule has 32 heavy (non-hydrogen) atoms. The molecule has 0 amide bonds. The maximum Gasteiger partial charge on any atom is 0.143 e. The summed E-state index contributed by atoms with van der Waals surface area (Å²) in [6.07, 6.45) is 0. The van der Waals surface area contributed by atoms with E-state index in [4.69, 9.17) is 9.40 Å². The SMILES string of the molecule is c1ccc(-c2nc3ccc4cc(-c5cccc6c5oc5ccccc56)ccc4c3s2)cc1. The Morgan fingerprint density at radius 2 is 1.47 bits per heavy atom. The summed E-state index contributed by atoms with van der Waals surface area (Å²) in [6.45, 7) is 0. The van der Waals surface area contributed by atoms with Gasteiger partial charge in [-0.25, -0.2) is 4.98 Å². The molecule has 7 rings (SSSR count). The van der Waals surface area contributed by atoms with Crippen LogP contribution in [0.4, 0.5) is 0 Å². The highest BCUT2D eigenvalue weighted by atomic mass is 32.1. The molecule has 7 aromatic rings. The van der Waals surface area contributed by atoms with Crippen LogP contribution in [0, 0.1) is 0 Å². The van der Waals surface area contributed by atoms with Gasteiger partial charge in [-0.05, 0) is 29.1 Å². The second-order valence-electron chi connectivity index (χ2n) is 8.02. The number of benzene rings is 5. The maximum atomic E-state index is 6.26.